The molecule has 0 spiro atoms. The fourth-order valence-corrected chi connectivity index (χ4v) is 2.80. The lowest BCUT2D eigenvalue weighted by molar-refractivity contribution is -0.0719. The van der Waals surface area contributed by atoms with Gasteiger partial charge in [0, 0.05) is 5.41 Å². The van der Waals surface area contributed by atoms with Gasteiger partial charge in [-0.2, -0.15) is 0 Å². The summed E-state index contributed by atoms with van der Waals surface area (Å²) in [5.41, 5.74) is -0.765. The molecule has 1 rings (SSSR count). The van der Waals surface area contributed by atoms with Gasteiger partial charge in [-0.15, -0.1) is 13.2 Å². The predicted octanol–water partition coefficient (Wildman–Crippen LogP) is 4.25. The minimum atomic E-state index is -0.679. The second-order valence-electron chi connectivity index (χ2n) is 5.69. The van der Waals surface area contributed by atoms with Crippen LogP contribution in [0.25, 0.3) is 0 Å². The summed E-state index contributed by atoms with van der Waals surface area (Å²) in [6.07, 6.45) is 12.8. The van der Waals surface area contributed by atoms with E-state index in [-0.39, 0.29) is 5.41 Å². The summed E-state index contributed by atoms with van der Waals surface area (Å²) in [6.45, 7) is 11.9. The van der Waals surface area contributed by atoms with Crippen LogP contribution in [0.15, 0.2) is 37.5 Å². The molecule has 0 saturated carbocycles. The standard InChI is InChI=1S/C16H26O/c1-5-7-8-12-16(17)13-9-11-14(10-6-2)15(16,3)4/h5-6,9,13-14,17H,1-2,7-8,10-12H2,3-4H3/t14-,16?/m0/s1. The van der Waals surface area contributed by atoms with Crippen molar-refractivity contribution in [1.29, 1.82) is 0 Å². The Kier molecular flexibility index (Phi) is 4.76. The van der Waals surface area contributed by atoms with Gasteiger partial charge in [-0.1, -0.05) is 38.2 Å². The van der Waals surface area contributed by atoms with Crippen molar-refractivity contribution < 1.29 is 5.11 Å². The monoisotopic (exact) mass is 234 g/mol. The van der Waals surface area contributed by atoms with Crippen molar-refractivity contribution in [2.45, 2.75) is 51.6 Å². The van der Waals surface area contributed by atoms with Crippen LogP contribution in [0.3, 0.4) is 0 Å². The lowest BCUT2D eigenvalue weighted by Gasteiger charge is -2.48. The third kappa shape index (κ3) is 2.90. The molecule has 17 heavy (non-hydrogen) atoms. The van der Waals surface area contributed by atoms with Crippen molar-refractivity contribution in [3.05, 3.63) is 37.5 Å². The van der Waals surface area contributed by atoms with Gasteiger partial charge in [-0.3, -0.25) is 0 Å². The quantitative estimate of drug-likeness (QED) is 0.538. The SMILES string of the molecule is C=CCCCC1(O)C=CC[C@H](CC=C)C1(C)C. The molecule has 0 amide bonds. The van der Waals surface area contributed by atoms with E-state index in [1.165, 1.54) is 0 Å². The van der Waals surface area contributed by atoms with Crippen LogP contribution in [0.4, 0.5) is 0 Å². The highest BCUT2D eigenvalue weighted by Gasteiger charge is 2.47. The molecule has 1 N–H and O–H groups in total. The Morgan fingerprint density at radius 3 is 2.65 bits per heavy atom. The van der Waals surface area contributed by atoms with Gasteiger partial charge in [-0.25, -0.2) is 0 Å². The first-order valence-electron chi connectivity index (χ1n) is 6.60. The van der Waals surface area contributed by atoms with E-state index in [0.717, 1.165) is 32.1 Å². The zero-order chi connectivity index (χ0) is 12.9. The van der Waals surface area contributed by atoms with Crippen molar-refractivity contribution in [3.63, 3.8) is 0 Å². The zero-order valence-corrected chi connectivity index (χ0v) is 11.3. The Labute approximate surface area is 106 Å². The van der Waals surface area contributed by atoms with Crippen molar-refractivity contribution in [3.8, 4) is 0 Å². The van der Waals surface area contributed by atoms with Crippen molar-refractivity contribution in [2.24, 2.45) is 11.3 Å². The number of unbranched alkanes of at least 4 members (excludes halogenated alkanes) is 1. The Morgan fingerprint density at radius 2 is 2.06 bits per heavy atom. The summed E-state index contributed by atoms with van der Waals surface area (Å²) >= 11 is 0. The molecule has 1 heteroatoms. The molecule has 1 aliphatic carbocycles. The summed E-state index contributed by atoms with van der Waals surface area (Å²) < 4.78 is 0. The van der Waals surface area contributed by atoms with E-state index >= 15 is 0 Å². The van der Waals surface area contributed by atoms with Crippen LogP contribution >= 0.6 is 0 Å². The highest BCUT2D eigenvalue weighted by molar-refractivity contribution is 5.16. The first-order valence-corrected chi connectivity index (χ1v) is 6.60. The number of allylic oxidation sites excluding steroid dienone is 3. The molecular weight excluding hydrogens is 208 g/mol. The summed E-state index contributed by atoms with van der Waals surface area (Å²) in [5.74, 6) is 0.485. The maximum Gasteiger partial charge on any atom is 0.0881 e. The third-order valence-electron chi connectivity index (χ3n) is 4.37. The zero-order valence-electron chi connectivity index (χ0n) is 11.3. The second-order valence-corrected chi connectivity index (χ2v) is 5.69. The number of hydrogen-bond acceptors (Lipinski definition) is 1. The van der Waals surface area contributed by atoms with E-state index in [1.54, 1.807) is 0 Å². The van der Waals surface area contributed by atoms with Gasteiger partial charge in [0.05, 0.1) is 5.60 Å². The molecule has 96 valence electrons. The smallest absolute Gasteiger partial charge is 0.0881 e. The molecular formula is C16H26O. The number of aliphatic hydroxyl groups is 1. The maximum atomic E-state index is 10.9. The van der Waals surface area contributed by atoms with Gasteiger partial charge in [0.1, 0.15) is 0 Å². The topological polar surface area (TPSA) is 20.2 Å². The highest BCUT2D eigenvalue weighted by atomic mass is 16.3. The van der Waals surface area contributed by atoms with Crippen LogP contribution in [0.5, 0.6) is 0 Å². The van der Waals surface area contributed by atoms with Crippen LogP contribution in [0.1, 0.15) is 46.0 Å². The molecule has 0 saturated heterocycles. The van der Waals surface area contributed by atoms with Gasteiger partial charge in [-0.05, 0) is 38.0 Å². The van der Waals surface area contributed by atoms with Gasteiger partial charge in [0.2, 0.25) is 0 Å². The van der Waals surface area contributed by atoms with Gasteiger partial charge < -0.3 is 5.11 Å². The average Bonchev–Trinajstić information content (AvgIpc) is 2.26. The summed E-state index contributed by atoms with van der Waals surface area (Å²) in [4.78, 5) is 0. The van der Waals surface area contributed by atoms with E-state index in [2.05, 4.69) is 33.1 Å². The first-order chi connectivity index (χ1) is 7.98. The van der Waals surface area contributed by atoms with Crippen LogP contribution < -0.4 is 0 Å². The Bertz CT molecular complexity index is 301. The van der Waals surface area contributed by atoms with Gasteiger partial charge in [0.15, 0.2) is 0 Å². The largest absolute Gasteiger partial charge is 0.385 e. The van der Waals surface area contributed by atoms with E-state index in [0.29, 0.717) is 5.92 Å². The van der Waals surface area contributed by atoms with Crippen molar-refractivity contribution in [2.75, 3.05) is 0 Å². The molecule has 0 fully saturated rings. The lowest BCUT2D eigenvalue weighted by atomic mass is 9.60. The van der Waals surface area contributed by atoms with E-state index < -0.39 is 5.60 Å². The first kappa shape index (κ1) is 14.2. The minimum Gasteiger partial charge on any atom is -0.385 e. The van der Waals surface area contributed by atoms with Crippen LogP contribution in [0.2, 0.25) is 0 Å². The molecule has 1 aliphatic rings. The summed E-state index contributed by atoms with van der Waals surface area (Å²) in [6, 6.07) is 0. The van der Waals surface area contributed by atoms with E-state index in [4.69, 9.17) is 0 Å². The average molecular weight is 234 g/mol. The molecule has 1 nitrogen and oxygen atoms in total. The minimum absolute atomic E-state index is 0.0862. The molecule has 0 aromatic rings. The summed E-state index contributed by atoms with van der Waals surface area (Å²) in [5, 5.41) is 10.9. The molecule has 0 bridgehead atoms. The van der Waals surface area contributed by atoms with E-state index in [9.17, 15) is 5.11 Å². The van der Waals surface area contributed by atoms with Crippen LogP contribution in [-0.2, 0) is 0 Å². The second kappa shape index (κ2) is 5.68. The lowest BCUT2D eigenvalue weighted by Crippen LogP contribution is -2.49. The molecule has 0 aromatic heterocycles. The Balaban J connectivity index is 2.81. The molecule has 0 heterocycles. The van der Waals surface area contributed by atoms with Crippen molar-refractivity contribution in [1.82, 2.24) is 0 Å². The number of hydrogen-bond donors (Lipinski definition) is 1. The molecule has 2 atom stereocenters. The maximum absolute atomic E-state index is 10.9. The Hall–Kier alpha value is -0.820. The third-order valence-corrected chi connectivity index (χ3v) is 4.37. The fourth-order valence-electron chi connectivity index (χ4n) is 2.80. The molecule has 1 unspecified atom stereocenters. The van der Waals surface area contributed by atoms with Crippen LogP contribution in [-0.4, -0.2) is 10.7 Å². The van der Waals surface area contributed by atoms with Gasteiger partial charge >= 0.3 is 0 Å². The number of rotatable bonds is 6. The van der Waals surface area contributed by atoms with Gasteiger partial charge in [0.25, 0.3) is 0 Å². The molecule has 0 radical (unpaired) electrons. The van der Waals surface area contributed by atoms with Crippen LogP contribution in [0, 0.1) is 11.3 Å². The normalized spacial score (nSPS) is 31.1. The highest BCUT2D eigenvalue weighted by Crippen LogP contribution is 2.48. The summed E-state index contributed by atoms with van der Waals surface area (Å²) in [7, 11) is 0. The van der Waals surface area contributed by atoms with Crippen molar-refractivity contribution >= 4 is 0 Å². The molecule has 0 aromatic carbocycles. The fraction of sp³-hybridized carbons (Fsp3) is 0.625. The van der Waals surface area contributed by atoms with E-state index in [1.807, 2.05) is 18.2 Å². The molecule has 0 aliphatic heterocycles. The Morgan fingerprint density at radius 1 is 1.35 bits per heavy atom. The predicted molar refractivity (Wildman–Crippen MR) is 74.8 cm³/mol.